The quantitative estimate of drug-likeness (QED) is 0.705. The van der Waals surface area contributed by atoms with Crippen LogP contribution in [-0.4, -0.2) is 35.3 Å². The molecule has 7 heteroatoms. The molecule has 1 aromatic carbocycles. The summed E-state index contributed by atoms with van der Waals surface area (Å²) in [6, 6.07) is 6.68. The molecular weight excluding hydrogens is 308 g/mol. The van der Waals surface area contributed by atoms with Gasteiger partial charge in [0.25, 0.3) is 11.1 Å². The van der Waals surface area contributed by atoms with E-state index >= 15 is 0 Å². The number of fused-ring (bicyclic) bond motifs is 1. The van der Waals surface area contributed by atoms with Crippen molar-refractivity contribution in [2.75, 3.05) is 19.6 Å². The Morgan fingerprint density at radius 1 is 1.25 bits per heavy atom. The first-order valence-electron chi connectivity index (χ1n) is 8.34. The molecule has 1 fully saturated rings. The normalized spacial score (nSPS) is 17.2. The zero-order valence-corrected chi connectivity index (χ0v) is 13.5. The molecule has 2 heterocycles. The van der Waals surface area contributed by atoms with Gasteiger partial charge in [-0.2, -0.15) is 0 Å². The first-order chi connectivity index (χ1) is 11.6. The van der Waals surface area contributed by atoms with E-state index in [1.54, 1.807) is 24.3 Å². The van der Waals surface area contributed by atoms with E-state index in [1.165, 1.54) is 4.68 Å². The minimum Gasteiger partial charge on any atom is -0.356 e. The van der Waals surface area contributed by atoms with Crippen molar-refractivity contribution in [2.24, 2.45) is 5.92 Å². The van der Waals surface area contributed by atoms with Crippen molar-refractivity contribution in [1.29, 1.82) is 0 Å². The van der Waals surface area contributed by atoms with Crippen LogP contribution in [0.15, 0.2) is 33.9 Å². The first-order valence-corrected chi connectivity index (χ1v) is 8.34. The summed E-state index contributed by atoms with van der Waals surface area (Å²) in [5.74, 6) is 0.520. The van der Waals surface area contributed by atoms with Crippen LogP contribution in [0.3, 0.4) is 0 Å². The highest BCUT2D eigenvalue weighted by Gasteiger charge is 2.14. The van der Waals surface area contributed by atoms with E-state index in [0.29, 0.717) is 23.2 Å². The molecule has 1 amide bonds. The average molecular weight is 330 g/mol. The van der Waals surface area contributed by atoms with Crippen LogP contribution >= 0.6 is 0 Å². The molecule has 3 rings (SSSR count). The van der Waals surface area contributed by atoms with Gasteiger partial charge in [-0.05, 0) is 44.0 Å². The van der Waals surface area contributed by atoms with Crippen LogP contribution < -0.4 is 21.8 Å². The molecule has 1 aliphatic rings. The molecule has 1 aromatic heterocycles. The predicted octanol–water partition coefficient (Wildman–Crippen LogP) is 0.196. The van der Waals surface area contributed by atoms with Gasteiger partial charge in [0.05, 0.1) is 17.3 Å². The molecule has 1 unspecified atom stereocenters. The molecule has 128 valence electrons. The zero-order chi connectivity index (χ0) is 16.9. The second-order valence-electron chi connectivity index (χ2n) is 6.19. The first kappa shape index (κ1) is 16.4. The summed E-state index contributed by atoms with van der Waals surface area (Å²) in [5, 5.41) is 9.45. The Hall–Kier alpha value is -2.41. The van der Waals surface area contributed by atoms with Gasteiger partial charge >= 0.3 is 0 Å². The third-order valence-electron chi connectivity index (χ3n) is 4.48. The largest absolute Gasteiger partial charge is 0.356 e. The van der Waals surface area contributed by atoms with Crippen LogP contribution in [0.4, 0.5) is 0 Å². The average Bonchev–Trinajstić information content (AvgIpc) is 3.10. The summed E-state index contributed by atoms with van der Waals surface area (Å²) in [4.78, 5) is 36.2. The van der Waals surface area contributed by atoms with Gasteiger partial charge in [0.2, 0.25) is 5.91 Å². The fraction of sp³-hybridized carbons (Fsp3) is 0.471. The van der Waals surface area contributed by atoms with Crippen molar-refractivity contribution >= 4 is 16.7 Å². The molecule has 2 aromatic rings. The number of nitrogens with zero attached hydrogens (tertiary/aromatic N) is 1. The van der Waals surface area contributed by atoms with Gasteiger partial charge in [0, 0.05) is 13.0 Å². The molecule has 0 saturated carbocycles. The molecule has 0 radical (unpaired) electrons. The second kappa shape index (κ2) is 7.44. The fourth-order valence-corrected chi connectivity index (χ4v) is 3.08. The van der Waals surface area contributed by atoms with Crippen LogP contribution in [0.5, 0.6) is 0 Å². The van der Waals surface area contributed by atoms with Gasteiger partial charge in [-0.1, -0.05) is 12.1 Å². The Balaban J connectivity index is 1.57. The number of nitrogens with one attached hydrogen (secondary N) is 3. The third-order valence-corrected chi connectivity index (χ3v) is 4.48. The molecule has 24 heavy (non-hydrogen) atoms. The summed E-state index contributed by atoms with van der Waals surface area (Å²) < 4.78 is 1.21. The van der Waals surface area contributed by atoms with Crippen molar-refractivity contribution in [1.82, 2.24) is 20.4 Å². The van der Waals surface area contributed by atoms with E-state index < -0.39 is 0 Å². The molecule has 7 nitrogen and oxygen atoms in total. The number of carbonyl (C=O) groups is 1. The number of amides is 1. The number of aromatic nitrogens is 2. The van der Waals surface area contributed by atoms with Gasteiger partial charge in [-0.25, -0.2) is 4.68 Å². The van der Waals surface area contributed by atoms with Crippen LogP contribution in [0, 0.1) is 5.92 Å². The van der Waals surface area contributed by atoms with E-state index in [0.717, 1.165) is 25.9 Å². The maximum atomic E-state index is 12.3. The summed E-state index contributed by atoms with van der Waals surface area (Å²) >= 11 is 0. The van der Waals surface area contributed by atoms with Crippen LogP contribution in [0.1, 0.15) is 19.3 Å². The van der Waals surface area contributed by atoms with Gasteiger partial charge in [-0.3, -0.25) is 19.5 Å². The van der Waals surface area contributed by atoms with Gasteiger partial charge < -0.3 is 10.6 Å². The molecule has 0 bridgehead atoms. The molecule has 1 saturated heterocycles. The van der Waals surface area contributed by atoms with Crippen molar-refractivity contribution in [3.05, 3.63) is 45.0 Å². The number of hydrogen-bond acceptors (Lipinski definition) is 4. The summed E-state index contributed by atoms with van der Waals surface area (Å²) in [5.41, 5.74) is -0.602. The van der Waals surface area contributed by atoms with E-state index in [1.807, 2.05) is 0 Å². The Bertz CT molecular complexity index is 834. The molecule has 3 N–H and O–H groups in total. The lowest BCUT2D eigenvalue weighted by molar-refractivity contribution is -0.121. The fourth-order valence-electron chi connectivity index (χ4n) is 3.08. The smallest absolute Gasteiger partial charge is 0.273 e. The SMILES string of the molecule is O=C(CCn1[nH]c(=O)c2ccccc2c1=O)NCCC1CCNC1. The Labute approximate surface area is 139 Å². The third kappa shape index (κ3) is 3.73. The lowest BCUT2D eigenvalue weighted by atomic mass is 10.1. The van der Waals surface area contributed by atoms with Gasteiger partial charge in [0.15, 0.2) is 0 Å². The highest BCUT2D eigenvalue weighted by Crippen LogP contribution is 2.10. The summed E-state index contributed by atoms with van der Waals surface area (Å²) in [7, 11) is 0. The van der Waals surface area contributed by atoms with Crippen LogP contribution in [-0.2, 0) is 11.3 Å². The Morgan fingerprint density at radius 2 is 2.04 bits per heavy atom. The Morgan fingerprint density at radius 3 is 2.79 bits per heavy atom. The summed E-state index contributed by atoms with van der Waals surface area (Å²) in [6.07, 6.45) is 2.28. The number of carbonyl (C=O) groups excluding carboxylic acids is 1. The molecule has 0 spiro atoms. The Kier molecular flexibility index (Phi) is 5.10. The predicted molar refractivity (Wildman–Crippen MR) is 92.0 cm³/mol. The lowest BCUT2D eigenvalue weighted by Gasteiger charge is -2.10. The number of aromatic amines is 1. The van der Waals surface area contributed by atoms with E-state index in [9.17, 15) is 14.4 Å². The maximum Gasteiger partial charge on any atom is 0.273 e. The molecular formula is C17H22N4O3. The van der Waals surface area contributed by atoms with Crippen molar-refractivity contribution < 1.29 is 4.79 Å². The molecule has 1 atom stereocenters. The number of aryl methyl sites for hydroxylation is 1. The number of benzene rings is 1. The number of hydrogen-bond donors (Lipinski definition) is 3. The van der Waals surface area contributed by atoms with E-state index in [-0.39, 0.29) is 30.0 Å². The van der Waals surface area contributed by atoms with Crippen LogP contribution in [0.25, 0.3) is 10.8 Å². The minimum absolute atomic E-state index is 0.109. The van der Waals surface area contributed by atoms with E-state index in [2.05, 4.69) is 15.7 Å². The minimum atomic E-state index is -0.320. The van der Waals surface area contributed by atoms with Crippen LogP contribution in [0.2, 0.25) is 0 Å². The standard InChI is InChI=1S/C17H22N4O3/c22-15(19-9-6-12-5-8-18-11-12)7-10-21-17(24)14-4-2-1-3-13(14)16(23)20-21/h1-4,12,18H,5-11H2,(H,19,22)(H,20,23). The van der Waals surface area contributed by atoms with Gasteiger partial charge in [0.1, 0.15) is 0 Å². The van der Waals surface area contributed by atoms with E-state index in [4.69, 9.17) is 0 Å². The van der Waals surface area contributed by atoms with Crippen molar-refractivity contribution in [2.45, 2.75) is 25.8 Å². The van der Waals surface area contributed by atoms with Gasteiger partial charge in [-0.15, -0.1) is 0 Å². The highest BCUT2D eigenvalue weighted by atomic mass is 16.2. The second-order valence-corrected chi connectivity index (χ2v) is 6.19. The zero-order valence-electron chi connectivity index (χ0n) is 13.5. The highest BCUT2D eigenvalue weighted by molar-refractivity contribution is 5.80. The van der Waals surface area contributed by atoms with Crippen molar-refractivity contribution in [3.63, 3.8) is 0 Å². The monoisotopic (exact) mass is 330 g/mol. The van der Waals surface area contributed by atoms with Crippen molar-refractivity contribution in [3.8, 4) is 0 Å². The number of H-pyrrole nitrogens is 1. The maximum absolute atomic E-state index is 12.3. The number of rotatable bonds is 6. The topological polar surface area (TPSA) is 96.0 Å². The molecule has 0 aliphatic carbocycles. The lowest BCUT2D eigenvalue weighted by Crippen LogP contribution is -2.33. The summed E-state index contributed by atoms with van der Waals surface area (Å²) in [6.45, 7) is 2.88. The molecule has 1 aliphatic heterocycles.